The first-order valence-corrected chi connectivity index (χ1v) is 4.98. The van der Waals surface area contributed by atoms with Gasteiger partial charge in [-0.05, 0) is 24.3 Å². The van der Waals surface area contributed by atoms with Crippen molar-refractivity contribution < 1.29 is 5.21 Å². The molecule has 0 saturated carbocycles. The van der Waals surface area contributed by atoms with E-state index in [9.17, 15) is 5.21 Å². The monoisotopic (exact) mass is 212 g/mol. The smallest absolute Gasteiger partial charge is 0.122 e. The number of aliphatic imine (C=N–C) groups is 1. The standard InChI is InChI=1S/C13H12N2O/c16-15(13-9-5-2-6-10-13)11-14-12-7-3-1-4-8-12/h1-11,16H. The number of hydroxylamine groups is 1. The molecule has 0 aliphatic rings. The highest BCUT2D eigenvalue weighted by Crippen LogP contribution is 2.12. The molecular formula is C13H12N2O. The Morgan fingerprint density at radius 1 is 0.875 bits per heavy atom. The fraction of sp³-hybridized carbons (Fsp3) is 0. The zero-order chi connectivity index (χ0) is 11.2. The number of hydrogen-bond donors (Lipinski definition) is 1. The number of hydrogen-bond acceptors (Lipinski definition) is 2. The molecule has 0 amide bonds. The Bertz CT molecular complexity index is 454. The van der Waals surface area contributed by atoms with Gasteiger partial charge in [-0.3, -0.25) is 5.21 Å². The molecule has 3 nitrogen and oxygen atoms in total. The fourth-order valence-electron chi connectivity index (χ4n) is 1.28. The average molecular weight is 212 g/mol. The molecule has 0 atom stereocenters. The van der Waals surface area contributed by atoms with E-state index in [1.807, 2.05) is 48.5 Å². The average Bonchev–Trinajstić information content (AvgIpc) is 2.38. The van der Waals surface area contributed by atoms with E-state index >= 15 is 0 Å². The highest BCUT2D eigenvalue weighted by atomic mass is 16.5. The Hall–Kier alpha value is -2.13. The second kappa shape index (κ2) is 5.09. The fourth-order valence-corrected chi connectivity index (χ4v) is 1.28. The Morgan fingerprint density at radius 2 is 1.44 bits per heavy atom. The van der Waals surface area contributed by atoms with Crippen LogP contribution >= 0.6 is 0 Å². The maximum Gasteiger partial charge on any atom is 0.122 e. The van der Waals surface area contributed by atoms with Crippen LogP contribution in [0.25, 0.3) is 0 Å². The molecule has 0 heterocycles. The summed E-state index contributed by atoms with van der Waals surface area (Å²) >= 11 is 0. The Morgan fingerprint density at radius 3 is 2.06 bits per heavy atom. The van der Waals surface area contributed by atoms with Crippen LogP contribution in [-0.4, -0.2) is 11.5 Å². The molecule has 0 fully saturated rings. The van der Waals surface area contributed by atoms with Gasteiger partial charge in [0.15, 0.2) is 0 Å². The van der Waals surface area contributed by atoms with Crippen LogP contribution in [0.5, 0.6) is 0 Å². The molecule has 0 aliphatic heterocycles. The van der Waals surface area contributed by atoms with Gasteiger partial charge in [0.05, 0.1) is 11.4 Å². The normalized spacial score (nSPS) is 10.6. The van der Waals surface area contributed by atoms with Gasteiger partial charge < -0.3 is 0 Å². The molecule has 0 bridgehead atoms. The van der Waals surface area contributed by atoms with Gasteiger partial charge >= 0.3 is 0 Å². The van der Waals surface area contributed by atoms with Crippen molar-refractivity contribution in [1.82, 2.24) is 0 Å². The largest absolute Gasteiger partial charge is 0.283 e. The summed E-state index contributed by atoms with van der Waals surface area (Å²) in [5, 5.41) is 10.7. The van der Waals surface area contributed by atoms with Crippen molar-refractivity contribution in [3.05, 3.63) is 60.7 Å². The molecular weight excluding hydrogens is 200 g/mol. The lowest BCUT2D eigenvalue weighted by Crippen LogP contribution is -2.14. The van der Waals surface area contributed by atoms with E-state index in [0.29, 0.717) is 5.69 Å². The lowest BCUT2D eigenvalue weighted by atomic mass is 10.3. The maximum absolute atomic E-state index is 9.67. The van der Waals surface area contributed by atoms with Gasteiger partial charge in [0.25, 0.3) is 0 Å². The van der Waals surface area contributed by atoms with E-state index < -0.39 is 0 Å². The molecule has 16 heavy (non-hydrogen) atoms. The summed E-state index contributed by atoms with van der Waals surface area (Å²) in [5.41, 5.74) is 1.49. The van der Waals surface area contributed by atoms with Crippen molar-refractivity contribution in [1.29, 1.82) is 0 Å². The number of rotatable bonds is 3. The van der Waals surface area contributed by atoms with Gasteiger partial charge in [0.1, 0.15) is 6.34 Å². The summed E-state index contributed by atoms with van der Waals surface area (Å²) in [6.45, 7) is 0. The number of nitrogens with zero attached hydrogens (tertiary/aromatic N) is 2. The molecule has 0 saturated heterocycles. The summed E-state index contributed by atoms with van der Waals surface area (Å²) in [6.07, 6.45) is 1.38. The van der Waals surface area contributed by atoms with Crippen LogP contribution < -0.4 is 5.06 Å². The third-order valence-electron chi connectivity index (χ3n) is 2.09. The highest BCUT2D eigenvalue weighted by molar-refractivity contribution is 5.78. The quantitative estimate of drug-likeness (QED) is 0.481. The SMILES string of the molecule is ON(C=Nc1ccccc1)c1ccccc1. The maximum atomic E-state index is 9.67. The first-order chi connectivity index (χ1) is 7.86. The molecule has 3 heteroatoms. The Balaban J connectivity index is 2.08. The summed E-state index contributed by atoms with van der Waals surface area (Å²) in [5.74, 6) is 0. The van der Waals surface area contributed by atoms with Crippen LogP contribution in [0.2, 0.25) is 0 Å². The summed E-state index contributed by atoms with van der Waals surface area (Å²) < 4.78 is 0. The molecule has 2 aromatic carbocycles. The topological polar surface area (TPSA) is 35.8 Å². The second-order valence-electron chi connectivity index (χ2n) is 3.26. The molecule has 2 aromatic rings. The van der Waals surface area contributed by atoms with Gasteiger partial charge in [-0.25, -0.2) is 10.1 Å². The van der Waals surface area contributed by atoms with Crippen molar-refractivity contribution in [2.45, 2.75) is 0 Å². The van der Waals surface area contributed by atoms with E-state index in [1.165, 1.54) is 6.34 Å². The van der Waals surface area contributed by atoms with Crippen molar-refractivity contribution in [3.63, 3.8) is 0 Å². The molecule has 0 unspecified atom stereocenters. The summed E-state index contributed by atoms with van der Waals surface area (Å²) in [7, 11) is 0. The first-order valence-electron chi connectivity index (χ1n) is 4.98. The van der Waals surface area contributed by atoms with Crippen molar-refractivity contribution in [3.8, 4) is 0 Å². The Kier molecular flexibility index (Phi) is 3.31. The van der Waals surface area contributed by atoms with Gasteiger partial charge in [-0.15, -0.1) is 0 Å². The molecule has 0 radical (unpaired) electrons. The lowest BCUT2D eigenvalue weighted by molar-refractivity contribution is 0.317. The van der Waals surface area contributed by atoms with Crippen molar-refractivity contribution >= 4 is 17.7 Å². The van der Waals surface area contributed by atoms with Gasteiger partial charge in [0.2, 0.25) is 0 Å². The minimum Gasteiger partial charge on any atom is -0.283 e. The summed E-state index contributed by atoms with van der Waals surface area (Å²) in [6, 6.07) is 18.7. The Labute approximate surface area is 94.3 Å². The number of anilines is 1. The van der Waals surface area contributed by atoms with Crippen molar-refractivity contribution in [2.75, 3.05) is 5.06 Å². The van der Waals surface area contributed by atoms with E-state index in [4.69, 9.17) is 0 Å². The minimum absolute atomic E-state index is 0.683. The van der Waals surface area contributed by atoms with E-state index in [-0.39, 0.29) is 0 Å². The lowest BCUT2D eigenvalue weighted by Gasteiger charge is -2.09. The zero-order valence-corrected chi connectivity index (χ0v) is 8.69. The molecule has 0 spiro atoms. The molecule has 1 N–H and O–H groups in total. The van der Waals surface area contributed by atoms with Crippen LogP contribution in [0.15, 0.2) is 65.7 Å². The molecule has 0 aliphatic carbocycles. The summed E-state index contributed by atoms with van der Waals surface area (Å²) in [4.78, 5) is 4.13. The van der Waals surface area contributed by atoms with Gasteiger partial charge in [0, 0.05) is 0 Å². The van der Waals surface area contributed by atoms with E-state index in [1.54, 1.807) is 12.1 Å². The minimum atomic E-state index is 0.683. The van der Waals surface area contributed by atoms with E-state index in [0.717, 1.165) is 10.8 Å². The molecule has 2 rings (SSSR count). The third-order valence-corrected chi connectivity index (χ3v) is 2.09. The predicted molar refractivity (Wildman–Crippen MR) is 65.3 cm³/mol. The van der Waals surface area contributed by atoms with Crippen LogP contribution in [0.1, 0.15) is 0 Å². The van der Waals surface area contributed by atoms with Crippen molar-refractivity contribution in [2.24, 2.45) is 4.99 Å². The molecule has 80 valence electrons. The zero-order valence-electron chi connectivity index (χ0n) is 8.69. The van der Waals surface area contributed by atoms with E-state index in [2.05, 4.69) is 4.99 Å². The van der Waals surface area contributed by atoms with Gasteiger partial charge in [-0.1, -0.05) is 36.4 Å². The third kappa shape index (κ3) is 2.68. The number of benzene rings is 2. The molecule has 0 aromatic heterocycles. The van der Waals surface area contributed by atoms with Crippen LogP contribution in [0.4, 0.5) is 11.4 Å². The van der Waals surface area contributed by atoms with Gasteiger partial charge in [-0.2, -0.15) is 0 Å². The number of para-hydroxylation sites is 2. The highest BCUT2D eigenvalue weighted by Gasteiger charge is 1.96. The second-order valence-corrected chi connectivity index (χ2v) is 3.26. The van der Waals surface area contributed by atoms with Crippen LogP contribution in [-0.2, 0) is 0 Å². The first kappa shape index (κ1) is 10.4. The predicted octanol–water partition coefficient (Wildman–Crippen LogP) is 3.24. The van der Waals surface area contributed by atoms with Crippen LogP contribution in [0, 0.1) is 0 Å². The van der Waals surface area contributed by atoms with Crippen LogP contribution in [0.3, 0.4) is 0 Å².